The lowest BCUT2D eigenvalue weighted by Gasteiger charge is -2.30. The SMILES string of the molecule is CC[C@H]1O[C@H](Cc2ccc(I)cc2)C=C[C@@H]1C. The molecule has 1 aliphatic rings. The van der Waals surface area contributed by atoms with Crippen LogP contribution in [0.4, 0.5) is 0 Å². The zero-order chi connectivity index (χ0) is 12.3. The Morgan fingerprint density at radius 2 is 1.88 bits per heavy atom. The molecule has 0 aromatic heterocycles. The second-order valence-corrected chi connectivity index (χ2v) is 5.94. The molecular weight excluding hydrogens is 323 g/mol. The Balaban J connectivity index is 2.00. The van der Waals surface area contributed by atoms with Crippen LogP contribution in [0.15, 0.2) is 36.4 Å². The topological polar surface area (TPSA) is 9.23 Å². The maximum absolute atomic E-state index is 6.09. The van der Waals surface area contributed by atoms with Gasteiger partial charge < -0.3 is 4.74 Å². The monoisotopic (exact) mass is 342 g/mol. The summed E-state index contributed by atoms with van der Waals surface area (Å²) in [6.07, 6.45) is 7.22. The van der Waals surface area contributed by atoms with E-state index in [9.17, 15) is 0 Å². The summed E-state index contributed by atoms with van der Waals surface area (Å²) < 4.78 is 7.38. The van der Waals surface area contributed by atoms with Gasteiger partial charge in [-0.1, -0.05) is 38.1 Å². The molecule has 1 aliphatic heterocycles. The van der Waals surface area contributed by atoms with Gasteiger partial charge in [-0.25, -0.2) is 0 Å². The van der Waals surface area contributed by atoms with E-state index < -0.39 is 0 Å². The predicted octanol–water partition coefficient (Wildman–Crippen LogP) is 4.20. The summed E-state index contributed by atoms with van der Waals surface area (Å²) in [4.78, 5) is 0. The molecule has 0 fully saturated rings. The number of halogens is 1. The molecule has 0 saturated carbocycles. The van der Waals surface area contributed by atoms with E-state index in [0.29, 0.717) is 12.0 Å². The Labute approximate surface area is 117 Å². The molecule has 1 heterocycles. The first-order valence-electron chi connectivity index (χ1n) is 6.27. The third-order valence-electron chi connectivity index (χ3n) is 3.32. The molecule has 0 unspecified atom stereocenters. The van der Waals surface area contributed by atoms with E-state index in [1.807, 2.05) is 0 Å². The van der Waals surface area contributed by atoms with Crippen LogP contribution in [0.25, 0.3) is 0 Å². The van der Waals surface area contributed by atoms with Crippen LogP contribution in [0.3, 0.4) is 0 Å². The molecule has 17 heavy (non-hydrogen) atoms. The van der Waals surface area contributed by atoms with Crippen molar-refractivity contribution in [1.29, 1.82) is 0 Å². The first-order chi connectivity index (χ1) is 8.19. The minimum absolute atomic E-state index is 0.246. The third kappa shape index (κ3) is 3.55. The molecule has 2 heteroatoms. The van der Waals surface area contributed by atoms with E-state index in [4.69, 9.17) is 4.74 Å². The summed E-state index contributed by atoms with van der Waals surface area (Å²) >= 11 is 2.33. The third-order valence-corrected chi connectivity index (χ3v) is 4.04. The lowest BCUT2D eigenvalue weighted by molar-refractivity contribution is -0.0187. The quantitative estimate of drug-likeness (QED) is 0.591. The van der Waals surface area contributed by atoms with E-state index in [2.05, 4.69) is 72.9 Å². The van der Waals surface area contributed by atoms with E-state index in [0.717, 1.165) is 12.8 Å². The summed E-state index contributed by atoms with van der Waals surface area (Å²) in [5.41, 5.74) is 1.35. The van der Waals surface area contributed by atoms with Crippen molar-refractivity contribution in [1.82, 2.24) is 0 Å². The van der Waals surface area contributed by atoms with Crippen LogP contribution in [0, 0.1) is 9.49 Å². The molecular formula is C15H19IO. The van der Waals surface area contributed by atoms with E-state index in [1.165, 1.54) is 9.13 Å². The molecule has 1 aromatic rings. The van der Waals surface area contributed by atoms with Crippen LogP contribution in [-0.2, 0) is 11.2 Å². The van der Waals surface area contributed by atoms with Crippen LogP contribution in [0.2, 0.25) is 0 Å². The average Bonchev–Trinajstić information content (AvgIpc) is 2.34. The molecule has 1 nitrogen and oxygen atoms in total. The standard InChI is InChI=1S/C15H19IO/c1-3-15-11(2)4-9-14(17-15)10-12-5-7-13(16)8-6-12/h4-9,11,14-15H,3,10H2,1-2H3/t11-,14-,15+/m0/s1. The van der Waals surface area contributed by atoms with Crippen molar-refractivity contribution in [2.24, 2.45) is 5.92 Å². The second-order valence-electron chi connectivity index (χ2n) is 4.70. The number of rotatable bonds is 3. The minimum atomic E-state index is 0.246. The number of hydrogen-bond acceptors (Lipinski definition) is 1. The van der Waals surface area contributed by atoms with Gasteiger partial charge in [0.05, 0.1) is 12.2 Å². The molecule has 0 spiro atoms. The van der Waals surface area contributed by atoms with Gasteiger partial charge in [0.2, 0.25) is 0 Å². The second kappa shape index (κ2) is 6.01. The first kappa shape index (κ1) is 13.1. The van der Waals surface area contributed by atoms with Crippen molar-refractivity contribution in [3.8, 4) is 0 Å². The first-order valence-corrected chi connectivity index (χ1v) is 7.35. The van der Waals surface area contributed by atoms with E-state index in [-0.39, 0.29) is 6.10 Å². The molecule has 0 N–H and O–H groups in total. The summed E-state index contributed by atoms with van der Waals surface area (Å²) in [5, 5.41) is 0. The van der Waals surface area contributed by atoms with Crippen molar-refractivity contribution in [3.63, 3.8) is 0 Å². The molecule has 0 radical (unpaired) electrons. The van der Waals surface area contributed by atoms with E-state index in [1.54, 1.807) is 0 Å². The number of benzene rings is 1. The fraction of sp³-hybridized carbons (Fsp3) is 0.467. The van der Waals surface area contributed by atoms with Gasteiger partial charge in [-0.15, -0.1) is 0 Å². The van der Waals surface area contributed by atoms with Crippen LogP contribution >= 0.6 is 22.6 Å². The summed E-state index contributed by atoms with van der Waals surface area (Å²) in [6, 6.07) is 8.70. The predicted molar refractivity (Wildman–Crippen MR) is 80.1 cm³/mol. The van der Waals surface area contributed by atoms with Crippen LogP contribution in [0.1, 0.15) is 25.8 Å². The van der Waals surface area contributed by atoms with Crippen molar-refractivity contribution in [2.75, 3.05) is 0 Å². The van der Waals surface area contributed by atoms with Crippen molar-refractivity contribution in [2.45, 2.75) is 38.9 Å². The molecule has 0 amide bonds. The molecule has 1 aromatic carbocycles. The lowest BCUT2D eigenvalue weighted by Crippen LogP contribution is -2.30. The van der Waals surface area contributed by atoms with Crippen LogP contribution < -0.4 is 0 Å². The van der Waals surface area contributed by atoms with Crippen molar-refractivity contribution >= 4 is 22.6 Å². The van der Waals surface area contributed by atoms with Gasteiger partial charge >= 0.3 is 0 Å². The molecule has 3 atom stereocenters. The van der Waals surface area contributed by atoms with Crippen molar-refractivity contribution < 1.29 is 4.74 Å². The van der Waals surface area contributed by atoms with Crippen molar-refractivity contribution in [3.05, 3.63) is 45.6 Å². The van der Waals surface area contributed by atoms with Gasteiger partial charge in [0.15, 0.2) is 0 Å². The molecule has 92 valence electrons. The fourth-order valence-corrected chi connectivity index (χ4v) is 2.61. The van der Waals surface area contributed by atoms with E-state index >= 15 is 0 Å². The Kier molecular flexibility index (Phi) is 4.62. The minimum Gasteiger partial charge on any atom is -0.370 e. The Bertz CT molecular complexity index is 382. The molecule has 2 rings (SSSR count). The summed E-state index contributed by atoms with van der Waals surface area (Å²) in [7, 11) is 0. The Morgan fingerprint density at radius 3 is 2.53 bits per heavy atom. The molecule has 0 saturated heterocycles. The summed E-state index contributed by atoms with van der Waals surface area (Å²) in [5.74, 6) is 0.549. The lowest BCUT2D eigenvalue weighted by atomic mass is 9.96. The number of hydrogen-bond donors (Lipinski definition) is 0. The zero-order valence-electron chi connectivity index (χ0n) is 10.4. The van der Waals surface area contributed by atoms with Crippen LogP contribution in [-0.4, -0.2) is 12.2 Å². The van der Waals surface area contributed by atoms with Gasteiger partial charge in [0.1, 0.15) is 0 Å². The highest BCUT2D eigenvalue weighted by Gasteiger charge is 2.22. The average molecular weight is 342 g/mol. The molecule has 0 bridgehead atoms. The highest BCUT2D eigenvalue weighted by Crippen LogP contribution is 2.23. The van der Waals surface area contributed by atoms with Gasteiger partial charge in [-0.05, 0) is 46.7 Å². The molecule has 0 aliphatic carbocycles. The van der Waals surface area contributed by atoms with Gasteiger partial charge in [-0.3, -0.25) is 0 Å². The van der Waals surface area contributed by atoms with Gasteiger partial charge in [-0.2, -0.15) is 0 Å². The fourth-order valence-electron chi connectivity index (χ4n) is 2.25. The van der Waals surface area contributed by atoms with Crippen LogP contribution in [0.5, 0.6) is 0 Å². The highest BCUT2D eigenvalue weighted by atomic mass is 127. The Morgan fingerprint density at radius 1 is 1.18 bits per heavy atom. The summed E-state index contributed by atoms with van der Waals surface area (Å²) in [6.45, 7) is 4.42. The smallest absolute Gasteiger partial charge is 0.0800 e. The zero-order valence-corrected chi connectivity index (χ0v) is 12.6. The normalized spacial score (nSPS) is 28.3. The number of ether oxygens (including phenoxy) is 1. The highest BCUT2D eigenvalue weighted by molar-refractivity contribution is 14.1. The maximum atomic E-state index is 6.09. The van der Waals surface area contributed by atoms with Gasteiger partial charge in [0, 0.05) is 15.9 Å². The van der Waals surface area contributed by atoms with Gasteiger partial charge in [0.25, 0.3) is 0 Å². The largest absolute Gasteiger partial charge is 0.370 e. The maximum Gasteiger partial charge on any atom is 0.0800 e. The Hall–Kier alpha value is -0.350.